The molecule has 0 spiro atoms. The Morgan fingerprint density at radius 3 is 2.62 bits per heavy atom. The molecular weight excluding hydrogens is 162 g/mol. The van der Waals surface area contributed by atoms with Gasteiger partial charge in [0, 0.05) is 12.0 Å². The molecular formula is C10H17N3. The molecule has 1 aliphatic carbocycles. The van der Waals surface area contributed by atoms with E-state index in [1.807, 2.05) is 6.33 Å². The van der Waals surface area contributed by atoms with Gasteiger partial charge in [0.25, 0.3) is 0 Å². The normalized spacial score (nSPS) is 25.2. The first-order chi connectivity index (χ1) is 6.02. The molecule has 0 aliphatic heterocycles. The molecule has 1 unspecified atom stereocenters. The first-order valence-electron chi connectivity index (χ1n) is 4.92. The van der Waals surface area contributed by atoms with E-state index in [2.05, 4.69) is 42.5 Å². The monoisotopic (exact) mass is 179 g/mol. The van der Waals surface area contributed by atoms with E-state index in [0.29, 0.717) is 17.4 Å². The summed E-state index contributed by atoms with van der Waals surface area (Å²) in [5.74, 6) is 1.79. The third-order valence-electron chi connectivity index (χ3n) is 2.98. The van der Waals surface area contributed by atoms with Crippen molar-refractivity contribution in [2.75, 3.05) is 0 Å². The molecule has 1 atom stereocenters. The van der Waals surface area contributed by atoms with E-state index in [0.717, 1.165) is 0 Å². The lowest BCUT2D eigenvalue weighted by atomic mass is 10.1. The molecule has 1 aromatic rings. The third-order valence-corrected chi connectivity index (χ3v) is 2.98. The largest absolute Gasteiger partial charge is 0.315 e. The smallest absolute Gasteiger partial charge is 0.136 e. The second-order valence-corrected chi connectivity index (χ2v) is 4.94. The molecule has 3 nitrogen and oxygen atoms in total. The van der Waals surface area contributed by atoms with Gasteiger partial charge in [-0.3, -0.25) is 0 Å². The van der Waals surface area contributed by atoms with Crippen molar-refractivity contribution in [2.24, 2.45) is 5.41 Å². The van der Waals surface area contributed by atoms with Crippen molar-refractivity contribution in [2.45, 2.75) is 46.1 Å². The highest BCUT2D eigenvalue weighted by Gasteiger charge is 2.49. The zero-order chi connectivity index (χ0) is 9.64. The van der Waals surface area contributed by atoms with Gasteiger partial charge < -0.3 is 4.57 Å². The summed E-state index contributed by atoms with van der Waals surface area (Å²) in [6, 6.07) is 0.474. The van der Waals surface area contributed by atoms with Crippen LogP contribution in [0.1, 0.15) is 51.9 Å². The van der Waals surface area contributed by atoms with Crippen LogP contribution in [0.2, 0.25) is 0 Å². The van der Waals surface area contributed by atoms with Gasteiger partial charge in [-0.1, -0.05) is 13.8 Å². The summed E-state index contributed by atoms with van der Waals surface area (Å²) in [6.07, 6.45) is 3.09. The molecule has 0 N–H and O–H groups in total. The summed E-state index contributed by atoms with van der Waals surface area (Å²) in [4.78, 5) is 0. The first-order valence-corrected chi connectivity index (χ1v) is 4.92. The molecule has 0 radical (unpaired) electrons. The highest BCUT2D eigenvalue weighted by Crippen LogP contribution is 2.58. The molecule has 1 aromatic heterocycles. The van der Waals surface area contributed by atoms with Gasteiger partial charge >= 0.3 is 0 Å². The summed E-state index contributed by atoms with van der Waals surface area (Å²) in [6.45, 7) is 8.92. The lowest BCUT2D eigenvalue weighted by molar-refractivity contribution is 0.537. The van der Waals surface area contributed by atoms with Crippen molar-refractivity contribution in [1.82, 2.24) is 14.8 Å². The van der Waals surface area contributed by atoms with Crippen molar-refractivity contribution in [3.63, 3.8) is 0 Å². The highest BCUT2D eigenvalue weighted by atomic mass is 15.3. The number of nitrogens with zero attached hydrogens (tertiary/aromatic N) is 3. The molecule has 0 saturated heterocycles. The van der Waals surface area contributed by atoms with Crippen LogP contribution < -0.4 is 0 Å². The molecule has 2 rings (SSSR count). The van der Waals surface area contributed by atoms with Gasteiger partial charge in [-0.15, -0.1) is 10.2 Å². The van der Waals surface area contributed by atoms with Crippen LogP contribution >= 0.6 is 0 Å². The van der Waals surface area contributed by atoms with Crippen LogP contribution in [-0.2, 0) is 0 Å². The Kier molecular flexibility index (Phi) is 1.72. The lowest BCUT2D eigenvalue weighted by Gasteiger charge is -2.10. The molecule has 0 aromatic carbocycles. The molecule has 1 saturated carbocycles. The number of hydrogen-bond donors (Lipinski definition) is 0. The Balaban J connectivity index is 2.27. The van der Waals surface area contributed by atoms with Crippen LogP contribution in [-0.4, -0.2) is 14.8 Å². The fourth-order valence-corrected chi connectivity index (χ4v) is 1.81. The Hall–Kier alpha value is -0.860. The Labute approximate surface area is 79.2 Å². The maximum atomic E-state index is 4.21. The standard InChI is InChI=1S/C10H17N3/c1-7(2)13-6-11-12-9(13)8-5-10(8,3)4/h6-8H,5H2,1-4H3. The van der Waals surface area contributed by atoms with E-state index in [-0.39, 0.29) is 0 Å². The van der Waals surface area contributed by atoms with E-state index in [9.17, 15) is 0 Å². The fraction of sp³-hybridized carbons (Fsp3) is 0.800. The highest BCUT2D eigenvalue weighted by molar-refractivity contribution is 5.15. The molecule has 13 heavy (non-hydrogen) atoms. The van der Waals surface area contributed by atoms with Gasteiger partial charge in [0.05, 0.1) is 0 Å². The molecule has 1 fully saturated rings. The minimum absolute atomic E-state index is 0.444. The lowest BCUT2D eigenvalue weighted by Crippen LogP contribution is -2.06. The van der Waals surface area contributed by atoms with Crippen molar-refractivity contribution >= 4 is 0 Å². The van der Waals surface area contributed by atoms with Crippen molar-refractivity contribution < 1.29 is 0 Å². The van der Waals surface area contributed by atoms with Gasteiger partial charge in [-0.05, 0) is 25.7 Å². The van der Waals surface area contributed by atoms with Crippen LogP contribution in [0, 0.1) is 5.41 Å². The second kappa shape index (κ2) is 2.56. The Morgan fingerprint density at radius 1 is 1.54 bits per heavy atom. The SMILES string of the molecule is CC(C)n1cnnc1C1CC1(C)C. The van der Waals surface area contributed by atoms with Crippen LogP contribution in [0.15, 0.2) is 6.33 Å². The van der Waals surface area contributed by atoms with Crippen LogP contribution in [0.4, 0.5) is 0 Å². The summed E-state index contributed by atoms with van der Waals surface area (Å²) >= 11 is 0. The quantitative estimate of drug-likeness (QED) is 0.697. The molecule has 0 amide bonds. The molecule has 72 valence electrons. The van der Waals surface area contributed by atoms with Crippen LogP contribution in [0.5, 0.6) is 0 Å². The van der Waals surface area contributed by atoms with Gasteiger partial charge in [0.2, 0.25) is 0 Å². The van der Waals surface area contributed by atoms with Gasteiger partial charge in [0.15, 0.2) is 0 Å². The summed E-state index contributed by atoms with van der Waals surface area (Å²) in [5, 5.41) is 8.19. The minimum Gasteiger partial charge on any atom is -0.315 e. The molecule has 1 aliphatic rings. The fourth-order valence-electron chi connectivity index (χ4n) is 1.81. The van der Waals surface area contributed by atoms with Crippen LogP contribution in [0.3, 0.4) is 0 Å². The maximum absolute atomic E-state index is 4.21. The van der Waals surface area contributed by atoms with E-state index in [1.54, 1.807) is 0 Å². The zero-order valence-corrected chi connectivity index (χ0v) is 8.78. The van der Waals surface area contributed by atoms with E-state index < -0.39 is 0 Å². The summed E-state index contributed by atoms with van der Waals surface area (Å²) in [5.41, 5.74) is 0.444. The van der Waals surface area contributed by atoms with E-state index >= 15 is 0 Å². The average Bonchev–Trinajstić information content (AvgIpc) is 2.49. The maximum Gasteiger partial charge on any atom is 0.136 e. The Morgan fingerprint density at radius 2 is 2.15 bits per heavy atom. The van der Waals surface area contributed by atoms with Crippen molar-refractivity contribution in [3.8, 4) is 0 Å². The van der Waals surface area contributed by atoms with Gasteiger partial charge in [-0.25, -0.2) is 0 Å². The number of rotatable bonds is 2. The minimum atomic E-state index is 0.444. The zero-order valence-electron chi connectivity index (χ0n) is 8.78. The average molecular weight is 179 g/mol. The number of hydrogen-bond acceptors (Lipinski definition) is 2. The van der Waals surface area contributed by atoms with E-state index in [1.165, 1.54) is 12.2 Å². The predicted molar refractivity (Wildman–Crippen MR) is 51.5 cm³/mol. The second-order valence-electron chi connectivity index (χ2n) is 4.94. The predicted octanol–water partition coefficient (Wildman–Crippen LogP) is 2.37. The van der Waals surface area contributed by atoms with Gasteiger partial charge in [-0.2, -0.15) is 0 Å². The number of aromatic nitrogens is 3. The molecule has 1 heterocycles. The van der Waals surface area contributed by atoms with Crippen molar-refractivity contribution in [3.05, 3.63) is 12.2 Å². The molecule has 3 heteroatoms. The Bertz CT molecular complexity index is 312. The van der Waals surface area contributed by atoms with E-state index in [4.69, 9.17) is 0 Å². The molecule has 0 bridgehead atoms. The van der Waals surface area contributed by atoms with Crippen molar-refractivity contribution in [1.29, 1.82) is 0 Å². The topological polar surface area (TPSA) is 30.7 Å². The summed E-state index contributed by atoms with van der Waals surface area (Å²) in [7, 11) is 0. The van der Waals surface area contributed by atoms with Crippen LogP contribution in [0.25, 0.3) is 0 Å². The first kappa shape index (κ1) is 8.73. The summed E-state index contributed by atoms with van der Waals surface area (Å²) < 4.78 is 2.18. The third kappa shape index (κ3) is 1.36. The van der Waals surface area contributed by atoms with Gasteiger partial charge in [0.1, 0.15) is 12.2 Å².